The number of aryl methyl sites for hydroxylation is 2. The molecule has 0 saturated carbocycles. The fourth-order valence-corrected chi connectivity index (χ4v) is 2.26. The van der Waals surface area contributed by atoms with E-state index in [1.54, 1.807) is 23.1 Å². The summed E-state index contributed by atoms with van der Waals surface area (Å²) in [6.07, 6.45) is 1.37. The van der Waals surface area contributed by atoms with E-state index in [0.29, 0.717) is 18.8 Å². The molecule has 2 N–H and O–H groups in total. The molecule has 0 unspecified atom stereocenters. The average Bonchev–Trinajstić information content (AvgIpc) is 2.87. The highest BCUT2D eigenvalue weighted by Gasteiger charge is 2.14. The van der Waals surface area contributed by atoms with E-state index in [0.717, 1.165) is 10.7 Å². The molecular weight excluding hydrogens is 252 g/mol. The summed E-state index contributed by atoms with van der Waals surface area (Å²) in [7, 11) is 1.73. The van der Waals surface area contributed by atoms with Gasteiger partial charge >= 0.3 is 5.97 Å². The lowest BCUT2D eigenvalue weighted by molar-refractivity contribution is 0.0695. The Morgan fingerprint density at radius 2 is 2.33 bits per heavy atom. The molecule has 0 saturated heterocycles. The number of hydrogen-bond acceptors (Lipinski definition) is 5. The minimum Gasteiger partial charge on any atom is -0.478 e. The highest BCUT2D eigenvalue weighted by atomic mass is 32.1. The average molecular weight is 266 g/mol. The topological polar surface area (TPSA) is 80.0 Å². The van der Waals surface area contributed by atoms with Crippen molar-refractivity contribution in [2.45, 2.75) is 20.0 Å². The van der Waals surface area contributed by atoms with Crippen LogP contribution in [0, 0.1) is 6.92 Å². The van der Waals surface area contributed by atoms with E-state index < -0.39 is 5.97 Å². The first-order chi connectivity index (χ1) is 8.58. The van der Waals surface area contributed by atoms with Gasteiger partial charge in [-0.3, -0.25) is 4.68 Å². The maximum Gasteiger partial charge on any atom is 0.339 e. The fraction of sp³-hybridized carbons (Fsp3) is 0.364. The van der Waals surface area contributed by atoms with Gasteiger partial charge in [0.25, 0.3) is 0 Å². The molecule has 0 aliphatic rings. The van der Waals surface area contributed by atoms with Crippen LogP contribution in [0.15, 0.2) is 11.6 Å². The predicted molar refractivity (Wildman–Crippen MR) is 67.6 cm³/mol. The minimum absolute atomic E-state index is 0.236. The number of nitrogens with one attached hydrogen (secondary N) is 1. The molecule has 7 heteroatoms. The zero-order chi connectivity index (χ0) is 13.1. The van der Waals surface area contributed by atoms with Crippen molar-refractivity contribution in [1.29, 1.82) is 0 Å². The van der Waals surface area contributed by atoms with Crippen molar-refractivity contribution in [2.75, 3.05) is 0 Å². The van der Waals surface area contributed by atoms with Crippen LogP contribution in [0.4, 0.5) is 0 Å². The SMILES string of the molecule is Cc1nc(CNCc2c(C(=O)O)cnn2C)cs1. The fourth-order valence-electron chi connectivity index (χ4n) is 1.65. The van der Waals surface area contributed by atoms with Crippen LogP contribution in [0.5, 0.6) is 0 Å². The van der Waals surface area contributed by atoms with Crippen molar-refractivity contribution in [1.82, 2.24) is 20.1 Å². The molecule has 0 aromatic carbocycles. The number of aromatic carboxylic acids is 1. The highest BCUT2D eigenvalue weighted by molar-refractivity contribution is 7.09. The van der Waals surface area contributed by atoms with Gasteiger partial charge in [0.15, 0.2) is 0 Å². The molecule has 0 aliphatic heterocycles. The van der Waals surface area contributed by atoms with Gasteiger partial charge in [0, 0.05) is 25.5 Å². The Hall–Kier alpha value is -1.73. The van der Waals surface area contributed by atoms with Crippen LogP contribution in [0.2, 0.25) is 0 Å². The minimum atomic E-state index is -0.954. The Morgan fingerprint density at radius 3 is 2.94 bits per heavy atom. The predicted octanol–water partition coefficient (Wildman–Crippen LogP) is 1.17. The number of carboxylic acids is 1. The second kappa shape index (κ2) is 5.28. The molecule has 2 heterocycles. The third-order valence-corrected chi connectivity index (χ3v) is 3.38. The van der Waals surface area contributed by atoms with Crippen LogP contribution in [-0.2, 0) is 20.1 Å². The van der Waals surface area contributed by atoms with Gasteiger partial charge in [-0.05, 0) is 6.92 Å². The van der Waals surface area contributed by atoms with Gasteiger partial charge in [-0.25, -0.2) is 9.78 Å². The summed E-state index contributed by atoms with van der Waals surface area (Å²) >= 11 is 1.60. The lowest BCUT2D eigenvalue weighted by atomic mass is 10.2. The zero-order valence-corrected chi connectivity index (χ0v) is 11.0. The molecule has 0 bridgehead atoms. The molecule has 0 spiro atoms. The molecular formula is C11H14N4O2S. The molecule has 0 amide bonds. The molecule has 2 rings (SSSR count). The number of carbonyl (C=O) groups is 1. The van der Waals surface area contributed by atoms with Gasteiger partial charge in [-0.2, -0.15) is 5.10 Å². The lowest BCUT2D eigenvalue weighted by Gasteiger charge is -2.05. The molecule has 96 valence electrons. The van der Waals surface area contributed by atoms with E-state index in [9.17, 15) is 4.79 Å². The molecule has 0 aliphatic carbocycles. The van der Waals surface area contributed by atoms with Gasteiger partial charge in [-0.15, -0.1) is 11.3 Å². The Balaban J connectivity index is 1.98. The van der Waals surface area contributed by atoms with E-state index in [1.165, 1.54) is 6.20 Å². The van der Waals surface area contributed by atoms with Gasteiger partial charge < -0.3 is 10.4 Å². The molecule has 2 aromatic heterocycles. The van der Waals surface area contributed by atoms with Crippen molar-refractivity contribution in [3.63, 3.8) is 0 Å². The summed E-state index contributed by atoms with van der Waals surface area (Å²) in [6.45, 7) is 3.03. The van der Waals surface area contributed by atoms with Crippen molar-refractivity contribution < 1.29 is 9.90 Å². The molecule has 0 radical (unpaired) electrons. The molecule has 0 fully saturated rings. The third-order valence-electron chi connectivity index (χ3n) is 2.56. The van der Waals surface area contributed by atoms with Crippen LogP contribution in [-0.4, -0.2) is 25.8 Å². The quantitative estimate of drug-likeness (QED) is 0.849. The summed E-state index contributed by atoms with van der Waals surface area (Å²) in [5.74, 6) is -0.954. The van der Waals surface area contributed by atoms with Crippen molar-refractivity contribution in [3.05, 3.63) is 33.5 Å². The van der Waals surface area contributed by atoms with Crippen molar-refractivity contribution in [3.8, 4) is 0 Å². The Morgan fingerprint density at radius 1 is 1.56 bits per heavy atom. The zero-order valence-electron chi connectivity index (χ0n) is 10.2. The first kappa shape index (κ1) is 12.7. The smallest absolute Gasteiger partial charge is 0.339 e. The number of rotatable bonds is 5. The summed E-state index contributed by atoms with van der Waals surface area (Å²) in [6, 6.07) is 0. The monoisotopic (exact) mass is 266 g/mol. The first-order valence-corrected chi connectivity index (χ1v) is 6.32. The largest absolute Gasteiger partial charge is 0.478 e. The second-order valence-electron chi connectivity index (χ2n) is 3.90. The molecule has 2 aromatic rings. The summed E-state index contributed by atoms with van der Waals surface area (Å²) in [5, 5.41) is 19.1. The van der Waals surface area contributed by atoms with Crippen LogP contribution >= 0.6 is 11.3 Å². The summed E-state index contributed by atoms with van der Waals surface area (Å²) in [5.41, 5.74) is 1.87. The third kappa shape index (κ3) is 2.74. The van der Waals surface area contributed by atoms with Crippen LogP contribution in [0.3, 0.4) is 0 Å². The standard InChI is InChI=1S/C11H14N4O2S/c1-7-14-8(6-18-7)3-12-5-10-9(11(16)17)4-13-15(10)2/h4,6,12H,3,5H2,1-2H3,(H,16,17). The number of aromatic nitrogens is 3. The van der Waals surface area contributed by atoms with Crippen LogP contribution in [0.1, 0.15) is 26.8 Å². The normalized spacial score (nSPS) is 10.8. The van der Waals surface area contributed by atoms with E-state index in [2.05, 4.69) is 15.4 Å². The van der Waals surface area contributed by atoms with E-state index in [-0.39, 0.29) is 5.56 Å². The number of hydrogen-bond donors (Lipinski definition) is 2. The summed E-state index contributed by atoms with van der Waals surface area (Å²) in [4.78, 5) is 15.3. The number of nitrogens with zero attached hydrogens (tertiary/aromatic N) is 3. The van der Waals surface area contributed by atoms with E-state index in [4.69, 9.17) is 5.11 Å². The molecule has 6 nitrogen and oxygen atoms in total. The van der Waals surface area contributed by atoms with E-state index in [1.807, 2.05) is 12.3 Å². The number of carboxylic acid groups (broad SMARTS) is 1. The lowest BCUT2D eigenvalue weighted by Crippen LogP contribution is -2.17. The van der Waals surface area contributed by atoms with Crippen molar-refractivity contribution >= 4 is 17.3 Å². The first-order valence-electron chi connectivity index (χ1n) is 5.44. The molecule has 18 heavy (non-hydrogen) atoms. The van der Waals surface area contributed by atoms with Gasteiger partial charge in [-0.1, -0.05) is 0 Å². The van der Waals surface area contributed by atoms with Crippen LogP contribution < -0.4 is 5.32 Å². The maximum absolute atomic E-state index is 11.0. The maximum atomic E-state index is 11.0. The Bertz CT molecular complexity index is 561. The second-order valence-corrected chi connectivity index (χ2v) is 4.96. The van der Waals surface area contributed by atoms with Gasteiger partial charge in [0.05, 0.1) is 22.6 Å². The number of thiazole rings is 1. The van der Waals surface area contributed by atoms with Crippen molar-refractivity contribution in [2.24, 2.45) is 7.05 Å². The Kier molecular flexibility index (Phi) is 3.73. The Labute approximate surface area is 108 Å². The summed E-state index contributed by atoms with van der Waals surface area (Å²) < 4.78 is 1.57. The van der Waals surface area contributed by atoms with Crippen LogP contribution in [0.25, 0.3) is 0 Å². The van der Waals surface area contributed by atoms with Gasteiger partial charge in [0.1, 0.15) is 5.56 Å². The van der Waals surface area contributed by atoms with E-state index >= 15 is 0 Å². The van der Waals surface area contributed by atoms with Gasteiger partial charge in [0.2, 0.25) is 0 Å². The molecule has 0 atom stereocenters. The highest BCUT2D eigenvalue weighted by Crippen LogP contribution is 2.09.